The number of methoxy groups -OCH3 is 1. The Bertz CT molecular complexity index is 1510. The molecule has 0 spiro atoms. The van der Waals surface area contributed by atoms with Crippen LogP contribution in [-0.2, 0) is 17.8 Å². The third-order valence-corrected chi connectivity index (χ3v) is 6.61. The number of aliphatic imine (C=N–C) groups is 1. The molecule has 1 aliphatic heterocycles. The van der Waals surface area contributed by atoms with E-state index >= 15 is 0 Å². The van der Waals surface area contributed by atoms with Crippen LogP contribution in [-0.4, -0.2) is 45.5 Å². The second kappa shape index (κ2) is 10.2. The molecule has 9 heteroatoms. The van der Waals surface area contributed by atoms with Crippen LogP contribution >= 0.6 is 11.6 Å². The number of hydrogen-bond donors (Lipinski definition) is 1. The van der Waals surface area contributed by atoms with Crippen LogP contribution in [0.4, 0.5) is 4.39 Å². The Morgan fingerprint density at radius 1 is 1.14 bits per heavy atom. The van der Waals surface area contributed by atoms with Crippen LogP contribution in [0.3, 0.4) is 0 Å². The van der Waals surface area contributed by atoms with Gasteiger partial charge in [-0.25, -0.2) is 4.39 Å². The summed E-state index contributed by atoms with van der Waals surface area (Å²) >= 11 is 5.91. The smallest absolute Gasteiger partial charge is 0.251 e. The van der Waals surface area contributed by atoms with Gasteiger partial charge >= 0.3 is 0 Å². The predicted molar refractivity (Wildman–Crippen MR) is 136 cm³/mol. The molecule has 0 unspecified atom stereocenters. The molecular weight excluding hydrogens is 483 g/mol. The Labute approximate surface area is 212 Å². The summed E-state index contributed by atoms with van der Waals surface area (Å²) in [6, 6.07) is 12.9. The lowest BCUT2D eigenvalue weighted by atomic mass is 9.96. The zero-order valence-corrected chi connectivity index (χ0v) is 20.3. The molecule has 36 heavy (non-hydrogen) atoms. The lowest BCUT2D eigenvalue weighted by Crippen LogP contribution is -2.26. The Balaban J connectivity index is 1.44. The van der Waals surface area contributed by atoms with Crippen LogP contribution in [0.2, 0.25) is 5.02 Å². The van der Waals surface area contributed by atoms with Crippen molar-refractivity contribution < 1.29 is 14.2 Å². The topological polar surface area (TPSA) is 81.6 Å². The van der Waals surface area contributed by atoms with E-state index in [0.29, 0.717) is 25.3 Å². The average molecular weight is 507 g/mol. The first kappa shape index (κ1) is 24.1. The number of fused-ring (bicyclic) bond motifs is 1. The van der Waals surface area contributed by atoms with Crippen LogP contribution in [0.25, 0.3) is 11.1 Å². The lowest BCUT2D eigenvalue weighted by molar-refractivity contribution is 0.183. The van der Waals surface area contributed by atoms with Gasteiger partial charge in [-0.1, -0.05) is 29.8 Å². The summed E-state index contributed by atoms with van der Waals surface area (Å²) in [5, 5.41) is 14.3. The van der Waals surface area contributed by atoms with E-state index < -0.39 is 11.9 Å². The molecule has 0 saturated carbocycles. The van der Waals surface area contributed by atoms with Crippen LogP contribution < -0.4 is 5.56 Å². The zero-order valence-electron chi connectivity index (χ0n) is 19.6. The molecule has 0 fully saturated rings. The minimum Gasteiger partial charge on any atom is -0.394 e. The van der Waals surface area contributed by atoms with Gasteiger partial charge in [0.2, 0.25) is 0 Å². The third-order valence-electron chi connectivity index (χ3n) is 6.32. The van der Waals surface area contributed by atoms with Crippen molar-refractivity contribution in [2.45, 2.75) is 19.1 Å². The third kappa shape index (κ3) is 4.63. The number of hydrogen-bond acceptors (Lipinski definition) is 5. The van der Waals surface area contributed by atoms with E-state index in [1.807, 2.05) is 35.1 Å². The summed E-state index contributed by atoms with van der Waals surface area (Å²) < 4.78 is 22.0. The molecule has 0 aliphatic carbocycles. The summed E-state index contributed by atoms with van der Waals surface area (Å²) in [6.45, 7) is 1.49. The number of aliphatic hydroxyl groups excluding tert-OH is 1. The van der Waals surface area contributed by atoms with Crippen molar-refractivity contribution >= 4 is 17.3 Å². The summed E-state index contributed by atoms with van der Waals surface area (Å²) in [6.07, 6.45) is 5.39. The largest absolute Gasteiger partial charge is 0.394 e. The summed E-state index contributed by atoms with van der Waals surface area (Å²) in [5.41, 5.74) is 5.81. The quantitative estimate of drug-likeness (QED) is 0.390. The lowest BCUT2D eigenvalue weighted by Gasteiger charge is -2.19. The number of rotatable bonds is 8. The maximum atomic E-state index is 13.6. The molecule has 5 rings (SSSR count). The number of nitrogens with zero attached hydrogens (tertiary/aromatic N) is 4. The van der Waals surface area contributed by atoms with E-state index in [0.717, 1.165) is 33.5 Å². The maximum absolute atomic E-state index is 13.6. The molecule has 4 aromatic rings. The van der Waals surface area contributed by atoms with Crippen molar-refractivity contribution in [1.29, 1.82) is 0 Å². The molecule has 0 radical (unpaired) electrons. The average Bonchev–Trinajstić information content (AvgIpc) is 3.52. The fraction of sp³-hybridized carbons (Fsp3) is 0.222. The van der Waals surface area contributed by atoms with Gasteiger partial charge in [-0.2, -0.15) is 5.10 Å². The van der Waals surface area contributed by atoms with Gasteiger partial charge in [-0.3, -0.25) is 14.5 Å². The van der Waals surface area contributed by atoms with Crippen LogP contribution in [0.5, 0.6) is 0 Å². The molecule has 0 amide bonds. The first-order valence-electron chi connectivity index (χ1n) is 11.5. The molecule has 7 nitrogen and oxygen atoms in total. The normalized spacial score (nSPS) is 13.5. The number of ether oxygens (including phenoxy) is 1. The summed E-state index contributed by atoms with van der Waals surface area (Å²) in [5.74, 6) is -0.554. The van der Waals surface area contributed by atoms with Crippen molar-refractivity contribution in [2.24, 2.45) is 4.99 Å². The Hall–Kier alpha value is -3.59. The Morgan fingerprint density at radius 3 is 2.72 bits per heavy atom. The fourth-order valence-corrected chi connectivity index (χ4v) is 4.59. The van der Waals surface area contributed by atoms with Crippen molar-refractivity contribution in [3.63, 3.8) is 0 Å². The predicted octanol–water partition coefficient (Wildman–Crippen LogP) is 4.08. The fourth-order valence-electron chi connectivity index (χ4n) is 4.40. The number of aliphatic hydroxyl groups is 1. The van der Waals surface area contributed by atoms with Gasteiger partial charge in [-0.15, -0.1) is 0 Å². The summed E-state index contributed by atoms with van der Waals surface area (Å²) in [4.78, 5) is 17.8. The molecule has 0 bridgehead atoms. The van der Waals surface area contributed by atoms with E-state index in [-0.39, 0.29) is 17.2 Å². The van der Waals surface area contributed by atoms with Crippen molar-refractivity contribution in [2.75, 3.05) is 20.3 Å². The highest BCUT2D eigenvalue weighted by Gasteiger charge is 2.21. The SMILES string of the molecule is COCCn1cc(C2=NCc3ccc(-c4ccn([C@H](CO)c5ccc(F)c(Cl)c5)c(=O)c4)cc32)cn1. The molecule has 1 aliphatic rings. The minimum atomic E-state index is -0.682. The Kier molecular flexibility index (Phi) is 6.82. The second-order valence-corrected chi connectivity index (χ2v) is 8.96. The van der Waals surface area contributed by atoms with Gasteiger partial charge in [0.05, 0.1) is 49.3 Å². The Morgan fingerprint density at radius 2 is 1.97 bits per heavy atom. The highest BCUT2D eigenvalue weighted by molar-refractivity contribution is 6.30. The number of pyridine rings is 1. The van der Waals surface area contributed by atoms with Crippen molar-refractivity contribution in [3.05, 3.63) is 111 Å². The van der Waals surface area contributed by atoms with E-state index in [1.54, 1.807) is 19.5 Å². The van der Waals surface area contributed by atoms with Gasteiger partial charge in [-0.05, 0) is 46.5 Å². The van der Waals surface area contributed by atoms with E-state index in [4.69, 9.17) is 21.3 Å². The van der Waals surface area contributed by atoms with Gasteiger partial charge in [0, 0.05) is 36.7 Å². The molecule has 184 valence electrons. The number of halogens is 2. The maximum Gasteiger partial charge on any atom is 0.251 e. The molecule has 1 atom stereocenters. The molecule has 2 aromatic carbocycles. The van der Waals surface area contributed by atoms with Crippen LogP contribution in [0.15, 0.2) is 76.9 Å². The van der Waals surface area contributed by atoms with Gasteiger partial charge in [0.1, 0.15) is 5.82 Å². The highest BCUT2D eigenvalue weighted by atomic mass is 35.5. The van der Waals surface area contributed by atoms with Crippen LogP contribution in [0, 0.1) is 5.82 Å². The first-order valence-corrected chi connectivity index (χ1v) is 11.8. The van der Waals surface area contributed by atoms with Crippen molar-refractivity contribution in [1.82, 2.24) is 14.3 Å². The van der Waals surface area contributed by atoms with Crippen molar-refractivity contribution in [3.8, 4) is 11.1 Å². The standard InChI is InChI=1S/C27H24ClFN4O3/c1-36-9-8-32-15-21(14-31-32)27-22-10-17(2-3-20(22)13-30-27)18-6-7-33(26(35)12-18)25(16-34)19-4-5-24(29)23(28)11-19/h2-7,10-12,14-15,25,34H,8-9,13,16H2,1H3/t25-/m1/s1. The number of benzene rings is 2. The molecule has 0 saturated heterocycles. The molecule has 1 N–H and O–H groups in total. The summed E-state index contributed by atoms with van der Waals surface area (Å²) in [7, 11) is 1.66. The van der Waals surface area contributed by atoms with E-state index in [2.05, 4.69) is 5.10 Å². The van der Waals surface area contributed by atoms with E-state index in [1.165, 1.54) is 28.8 Å². The zero-order chi connectivity index (χ0) is 25.2. The van der Waals surface area contributed by atoms with Gasteiger partial charge < -0.3 is 14.4 Å². The second-order valence-electron chi connectivity index (χ2n) is 8.55. The van der Waals surface area contributed by atoms with E-state index in [9.17, 15) is 14.3 Å². The van der Waals surface area contributed by atoms with Gasteiger partial charge in [0.15, 0.2) is 0 Å². The minimum absolute atomic E-state index is 0.0598. The first-order chi connectivity index (χ1) is 17.5. The molecule has 2 aromatic heterocycles. The van der Waals surface area contributed by atoms with Crippen LogP contribution in [0.1, 0.15) is 28.3 Å². The molecular formula is C27H24ClFN4O3. The molecule has 3 heterocycles. The van der Waals surface area contributed by atoms with Gasteiger partial charge in [0.25, 0.3) is 5.56 Å². The highest BCUT2D eigenvalue weighted by Crippen LogP contribution is 2.29. The number of aromatic nitrogens is 3. The monoisotopic (exact) mass is 506 g/mol.